The van der Waals surface area contributed by atoms with Crippen LogP contribution in [0.1, 0.15) is 29.2 Å². The van der Waals surface area contributed by atoms with E-state index in [0.29, 0.717) is 5.56 Å². The van der Waals surface area contributed by atoms with E-state index in [1.165, 1.54) is 5.56 Å². The highest BCUT2D eigenvalue weighted by atomic mass is 19.1. The van der Waals surface area contributed by atoms with Crippen molar-refractivity contribution in [2.24, 2.45) is 7.05 Å². The third-order valence-corrected chi connectivity index (χ3v) is 3.43. The van der Waals surface area contributed by atoms with Gasteiger partial charge in [-0.3, -0.25) is 4.68 Å². The molecular weight excluding hydrogens is 241 g/mol. The van der Waals surface area contributed by atoms with E-state index >= 15 is 0 Å². The number of rotatable bonds is 5. The maximum atomic E-state index is 14.1. The minimum atomic E-state index is -0.104. The van der Waals surface area contributed by atoms with E-state index < -0.39 is 0 Å². The molecule has 0 spiro atoms. The van der Waals surface area contributed by atoms with Crippen LogP contribution in [0.5, 0.6) is 0 Å². The zero-order valence-electron chi connectivity index (χ0n) is 11.7. The summed E-state index contributed by atoms with van der Waals surface area (Å²) in [6.45, 7) is 1.80. The average molecular weight is 261 g/mol. The van der Waals surface area contributed by atoms with Gasteiger partial charge in [0.05, 0.1) is 6.20 Å². The van der Waals surface area contributed by atoms with E-state index in [1.54, 1.807) is 17.7 Å². The van der Waals surface area contributed by atoms with Crippen LogP contribution in [0.3, 0.4) is 0 Å². The van der Waals surface area contributed by atoms with Crippen molar-refractivity contribution in [2.45, 2.75) is 25.8 Å². The minimum Gasteiger partial charge on any atom is -0.313 e. The van der Waals surface area contributed by atoms with Gasteiger partial charge in [-0.2, -0.15) is 5.10 Å². The predicted molar refractivity (Wildman–Crippen MR) is 74.5 cm³/mol. The Kier molecular flexibility index (Phi) is 4.32. The lowest BCUT2D eigenvalue weighted by atomic mass is 9.98. The van der Waals surface area contributed by atoms with Gasteiger partial charge in [-0.25, -0.2) is 4.39 Å². The standard InChI is InChI=1S/C15H20FN3/c1-11-5-4-6-13(15(11)16)14(17-2)8-7-12-9-18-19(3)10-12/h4-6,9-10,14,17H,7-8H2,1-3H3. The van der Waals surface area contributed by atoms with Crippen molar-refractivity contribution in [3.63, 3.8) is 0 Å². The van der Waals surface area contributed by atoms with E-state index in [4.69, 9.17) is 0 Å². The first-order chi connectivity index (χ1) is 9.11. The van der Waals surface area contributed by atoms with Crippen LogP contribution in [0.25, 0.3) is 0 Å². The molecule has 0 fully saturated rings. The third kappa shape index (κ3) is 3.20. The van der Waals surface area contributed by atoms with Gasteiger partial charge >= 0.3 is 0 Å². The second-order valence-electron chi connectivity index (χ2n) is 4.88. The monoisotopic (exact) mass is 261 g/mol. The van der Waals surface area contributed by atoms with Crippen molar-refractivity contribution in [2.75, 3.05) is 7.05 Å². The number of aromatic nitrogens is 2. The van der Waals surface area contributed by atoms with E-state index in [2.05, 4.69) is 10.4 Å². The van der Waals surface area contributed by atoms with Crippen molar-refractivity contribution >= 4 is 0 Å². The summed E-state index contributed by atoms with van der Waals surface area (Å²) in [5, 5.41) is 7.34. The van der Waals surface area contributed by atoms with Crippen LogP contribution >= 0.6 is 0 Å². The Hall–Kier alpha value is -1.68. The van der Waals surface area contributed by atoms with Crippen molar-refractivity contribution in [3.05, 3.63) is 53.1 Å². The molecule has 1 aromatic carbocycles. The molecule has 1 heterocycles. The number of hydrogen-bond acceptors (Lipinski definition) is 2. The summed E-state index contributed by atoms with van der Waals surface area (Å²) in [5.74, 6) is -0.104. The van der Waals surface area contributed by atoms with E-state index in [0.717, 1.165) is 18.4 Å². The molecule has 1 unspecified atom stereocenters. The van der Waals surface area contributed by atoms with Crippen LogP contribution in [0, 0.1) is 12.7 Å². The Bertz CT molecular complexity index is 548. The number of hydrogen-bond donors (Lipinski definition) is 1. The van der Waals surface area contributed by atoms with Crippen molar-refractivity contribution < 1.29 is 4.39 Å². The molecule has 102 valence electrons. The summed E-state index contributed by atoms with van der Waals surface area (Å²) in [5.41, 5.74) is 2.61. The number of benzene rings is 1. The molecule has 19 heavy (non-hydrogen) atoms. The lowest BCUT2D eigenvalue weighted by Gasteiger charge is -2.17. The molecule has 3 nitrogen and oxygen atoms in total. The molecule has 1 atom stereocenters. The van der Waals surface area contributed by atoms with Crippen LogP contribution in [0.15, 0.2) is 30.6 Å². The molecule has 1 aromatic heterocycles. The molecule has 4 heteroatoms. The Labute approximate surface area is 113 Å². The lowest BCUT2D eigenvalue weighted by Crippen LogP contribution is -2.18. The molecule has 0 bridgehead atoms. The molecule has 0 radical (unpaired) electrons. The molecule has 0 saturated heterocycles. The molecular formula is C15H20FN3. The number of halogens is 1. The highest BCUT2D eigenvalue weighted by molar-refractivity contribution is 5.27. The highest BCUT2D eigenvalue weighted by Crippen LogP contribution is 2.23. The number of nitrogens with zero attached hydrogens (tertiary/aromatic N) is 2. The quantitative estimate of drug-likeness (QED) is 0.897. The van der Waals surface area contributed by atoms with Gasteiger partial charge < -0.3 is 5.32 Å². The molecule has 1 N–H and O–H groups in total. The highest BCUT2D eigenvalue weighted by Gasteiger charge is 2.15. The normalized spacial score (nSPS) is 12.6. The largest absolute Gasteiger partial charge is 0.313 e. The van der Waals surface area contributed by atoms with Gasteiger partial charge in [-0.05, 0) is 37.9 Å². The van der Waals surface area contributed by atoms with Crippen molar-refractivity contribution in [1.82, 2.24) is 15.1 Å². The van der Waals surface area contributed by atoms with Gasteiger partial charge in [-0.1, -0.05) is 18.2 Å². The minimum absolute atomic E-state index is 0.0279. The van der Waals surface area contributed by atoms with Gasteiger partial charge in [0.1, 0.15) is 5.82 Å². The summed E-state index contributed by atoms with van der Waals surface area (Å²) >= 11 is 0. The van der Waals surface area contributed by atoms with Crippen LogP contribution < -0.4 is 5.32 Å². The number of aryl methyl sites for hydroxylation is 3. The second-order valence-corrected chi connectivity index (χ2v) is 4.88. The maximum absolute atomic E-state index is 14.1. The Balaban J connectivity index is 2.09. The van der Waals surface area contributed by atoms with Gasteiger partial charge in [0.2, 0.25) is 0 Å². The molecule has 2 aromatic rings. The first-order valence-electron chi connectivity index (χ1n) is 6.51. The van der Waals surface area contributed by atoms with Crippen LogP contribution in [0.2, 0.25) is 0 Å². The predicted octanol–water partition coefficient (Wildman–Crippen LogP) is 2.76. The summed E-state index contributed by atoms with van der Waals surface area (Å²) in [6, 6.07) is 5.58. The summed E-state index contributed by atoms with van der Waals surface area (Å²) in [7, 11) is 3.77. The summed E-state index contributed by atoms with van der Waals surface area (Å²) in [4.78, 5) is 0. The fourth-order valence-corrected chi connectivity index (χ4v) is 2.31. The molecule has 0 aliphatic carbocycles. The average Bonchev–Trinajstić information content (AvgIpc) is 2.81. The SMILES string of the molecule is CNC(CCc1cnn(C)c1)c1cccc(C)c1F. The zero-order chi connectivity index (χ0) is 13.8. The lowest BCUT2D eigenvalue weighted by molar-refractivity contribution is 0.505. The van der Waals surface area contributed by atoms with E-state index in [1.807, 2.05) is 38.6 Å². The Morgan fingerprint density at radius 3 is 2.84 bits per heavy atom. The van der Waals surface area contributed by atoms with Crippen molar-refractivity contribution in [1.29, 1.82) is 0 Å². The Morgan fingerprint density at radius 2 is 2.21 bits per heavy atom. The fourth-order valence-electron chi connectivity index (χ4n) is 2.31. The molecule has 2 rings (SSSR count). The Morgan fingerprint density at radius 1 is 1.42 bits per heavy atom. The smallest absolute Gasteiger partial charge is 0.130 e. The van der Waals surface area contributed by atoms with E-state index in [9.17, 15) is 4.39 Å². The van der Waals surface area contributed by atoms with Crippen LogP contribution in [-0.2, 0) is 13.5 Å². The molecule has 0 aliphatic rings. The van der Waals surface area contributed by atoms with Gasteiger partial charge in [0, 0.05) is 24.8 Å². The first kappa shape index (κ1) is 13.7. The molecule has 0 aliphatic heterocycles. The van der Waals surface area contributed by atoms with Crippen LogP contribution in [0.4, 0.5) is 4.39 Å². The van der Waals surface area contributed by atoms with Gasteiger partial charge in [0.15, 0.2) is 0 Å². The zero-order valence-corrected chi connectivity index (χ0v) is 11.7. The second kappa shape index (κ2) is 5.97. The van der Waals surface area contributed by atoms with Gasteiger partial charge in [0.25, 0.3) is 0 Å². The molecule has 0 saturated carbocycles. The van der Waals surface area contributed by atoms with E-state index in [-0.39, 0.29) is 11.9 Å². The fraction of sp³-hybridized carbons (Fsp3) is 0.400. The topological polar surface area (TPSA) is 29.9 Å². The third-order valence-electron chi connectivity index (χ3n) is 3.43. The first-order valence-corrected chi connectivity index (χ1v) is 6.51. The molecule has 0 amide bonds. The number of nitrogens with one attached hydrogen (secondary N) is 1. The summed E-state index contributed by atoms with van der Waals surface area (Å²) in [6.07, 6.45) is 5.59. The van der Waals surface area contributed by atoms with Crippen molar-refractivity contribution in [3.8, 4) is 0 Å². The van der Waals surface area contributed by atoms with Crippen LogP contribution in [-0.4, -0.2) is 16.8 Å². The maximum Gasteiger partial charge on any atom is 0.130 e. The summed E-state index contributed by atoms with van der Waals surface area (Å²) < 4.78 is 15.9. The van der Waals surface area contributed by atoms with Gasteiger partial charge in [-0.15, -0.1) is 0 Å².